The van der Waals surface area contributed by atoms with E-state index in [1.807, 2.05) is 30.9 Å². The summed E-state index contributed by atoms with van der Waals surface area (Å²) in [5.74, 6) is 0.927. The first-order valence-corrected chi connectivity index (χ1v) is 8.59. The Kier molecular flexibility index (Phi) is 5.23. The molecule has 0 aromatic carbocycles. The largest absolute Gasteiger partial charge is 0.468 e. The van der Waals surface area contributed by atoms with Crippen LogP contribution in [-0.2, 0) is 4.74 Å². The lowest BCUT2D eigenvalue weighted by Gasteiger charge is -2.36. The van der Waals surface area contributed by atoms with Crippen molar-refractivity contribution in [1.29, 1.82) is 0 Å². The van der Waals surface area contributed by atoms with Gasteiger partial charge in [-0.2, -0.15) is 0 Å². The van der Waals surface area contributed by atoms with Gasteiger partial charge in [0.05, 0.1) is 24.5 Å². The van der Waals surface area contributed by atoms with Crippen LogP contribution in [-0.4, -0.2) is 60.8 Å². The molecule has 2 fully saturated rings. The molecular formula is C17H27N3O3. The van der Waals surface area contributed by atoms with Crippen LogP contribution in [0, 0.1) is 0 Å². The van der Waals surface area contributed by atoms with E-state index in [1.54, 1.807) is 6.26 Å². The smallest absolute Gasteiger partial charge is 0.317 e. The number of hydrogen-bond acceptors (Lipinski definition) is 4. The van der Waals surface area contributed by atoms with Gasteiger partial charge in [0, 0.05) is 19.6 Å². The fourth-order valence-corrected chi connectivity index (χ4v) is 3.58. The second kappa shape index (κ2) is 7.36. The second-order valence-corrected chi connectivity index (χ2v) is 6.62. The topological polar surface area (TPSA) is 58.0 Å². The Morgan fingerprint density at radius 3 is 2.61 bits per heavy atom. The van der Waals surface area contributed by atoms with Crippen LogP contribution in [0.5, 0.6) is 0 Å². The number of hydrogen-bond donors (Lipinski definition) is 1. The number of rotatable bonds is 4. The van der Waals surface area contributed by atoms with Gasteiger partial charge in [-0.15, -0.1) is 0 Å². The Morgan fingerprint density at radius 2 is 2.00 bits per heavy atom. The van der Waals surface area contributed by atoms with E-state index < -0.39 is 0 Å². The van der Waals surface area contributed by atoms with Crippen LogP contribution < -0.4 is 5.32 Å². The lowest BCUT2D eigenvalue weighted by molar-refractivity contribution is -0.0546. The summed E-state index contributed by atoms with van der Waals surface area (Å²) in [4.78, 5) is 16.7. The summed E-state index contributed by atoms with van der Waals surface area (Å²) in [5, 5.41) is 3.09. The number of nitrogens with one attached hydrogen (secondary N) is 1. The molecule has 1 aromatic heterocycles. The quantitative estimate of drug-likeness (QED) is 0.924. The van der Waals surface area contributed by atoms with Crippen molar-refractivity contribution in [1.82, 2.24) is 15.1 Å². The molecule has 0 unspecified atom stereocenters. The van der Waals surface area contributed by atoms with Gasteiger partial charge in [-0.05, 0) is 51.9 Å². The predicted octanol–water partition coefficient (Wildman–Crippen LogP) is 2.24. The standard InChI is InChI=1S/C17H27N3O3/c1-13-11-20(12-14(2)23-13)17(21)18-10-15(16-6-5-9-22-16)19-7-3-4-8-19/h5-6,9,13-15H,3-4,7-8,10-12H2,1-2H3,(H,18,21)/t13-,14-,15+/m1/s1. The molecule has 2 aliphatic heterocycles. The van der Waals surface area contributed by atoms with E-state index in [0.29, 0.717) is 19.6 Å². The van der Waals surface area contributed by atoms with Crippen LogP contribution in [0.4, 0.5) is 4.79 Å². The zero-order valence-electron chi connectivity index (χ0n) is 14.0. The minimum absolute atomic E-state index is 0.0113. The summed E-state index contributed by atoms with van der Waals surface area (Å²) in [7, 11) is 0. The molecule has 3 rings (SSSR count). The maximum atomic E-state index is 12.5. The Hall–Kier alpha value is -1.53. The van der Waals surface area contributed by atoms with Gasteiger partial charge >= 0.3 is 6.03 Å². The van der Waals surface area contributed by atoms with E-state index in [0.717, 1.165) is 18.8 Å². The Morgan fingerprint density at radius 1 is 1.30 bits per heavy atom. The maximum absolute atomic E-state index is 12.5. The maximum Gasteiger partial charge on any atom is 0.317 e. The van der Waals surface area contributed by atoms with Crippen LogP contribution in [0.3, 0.4) is 0 Å². The number of furan rings is 1. The van der Waals surface area contributed by atoms with E-state index in [1.165, 1.54) is 12.8 Å². The molecule has 0 saturated carbocycles. The van der Waals surface area contributed by atoms with Gasteiger partial charge in [0.15, 0.2) is 0 Å². The SMILES string of the molecule is C[C@@H]1CN(C(=O)NC[C@@H](c2ccco2)N2CCCC2)C[C@@H](C)O1. The molecule has 2 amide bonds. The molecular weight excluding hydrogens is 294 g/mol. The third-order valence-electron chi connectivity index (χ3n) is 4.61. The van der Waals surface area contributed by atoms with Crippen molar-refractivity contribution < 1.29 is 13.9 Å². The van der Waals surface area contributed by atoms with Gasteiger partial charge in [0.2, 0.25) is 0 Å². The zero-order chi connectivity index (χ0) is 16.2. The molecule has 0 aliphatic carbocycles. The summed E-state index contributed by atoms with van der Waals surface area (Å²) in [6.45, 7) is 8.00. The molecule has 6 heteroatoms. The third-order valence-corrected chi connectivity index (χ3v) is 4.61. The molecule has 0 bridgehead atoms. The van der Waals surface area contributed by atoms with Crippen molar-refractivity contribution in [3.05, 3.63) is 24.2 Å². The van der Waals surface area contributed by atoms with Crippen LogP contribution in [0.15, 0.2) is 22.8 Å². The Labute approximate surface area is 137 Å². The van der Waals surface area contributed by atoms with E-state index in [9.17, 15) is 4.79 Å². The summed E-state index contributed by atoms with van der Waals surface area (Å²) < 4.78 is 11.3. The first-order chi connectivity index (χ1) is 11.1. The third kappa shape index (κ3) is 4.06. The highest BCUT2D eigenvalue weighted by Crippen LogP contribution is 2.25. The van der Waals surface area contributed by atoms with Gasteiger partial charge in [-0.1, -0.05) is 0 Å². The average Bonchev–Trinajstić information content (AvgIpc) is 3.20. The van der Waals surface area contributed by atoms with E-state index in [4.69, 9.17) is 9.15 Å². The van der Waals surface area contributed by atoms with Crippen molar-refractivity contribution in [2.24, 2.45) is 0 Å². The van der Waals surface area contributed by atoms with Gasteiger partial charge in [-0.25, -0.2) is 4.79 Å². The van der Waals surface area contributed by atoms with E-state index in [-0.39, 0.29) is 24.3 Å². The molecule has 3 atom stereocenters. The normalized spacial score (nSPS) is 27.1. The molecule has 128 valence electrons. The first-order valence-electron chi connectivity index (χ1n) is 8.59. The number of carbonyl (C=O) groups excluding carboxylic acids is 1. The van der Waals surface area contributed by atoms with Gasteiger partial charge in [0.1, 0.15) is 5.76 Å². The highest BCUT2D eigenvalue weighted by molar-refractivity contribution is 5.74. The number of likely N-dealkylation sites (tertiary alicyclic amines) is 1. The summed E-state index contributed by atoms with van der Waals surface area (Å²) in [6.07, 6.45) is 4.30. The fourth-order valence-electron chi connectivity index (χ4n) is 3.58. The van der Waals surface area contributed by atoms with Crippen LogP contribution in [0.2, 0.25) is 0 Å². The lowest BCUT2D eigenvalue weighted by atomic mass is 10.2. The van der Waals surface area contributed by atoms with Gasteiger partial charge in [0.25, 0.3) is 0 Å². The van der Waals surface area contributed by atoms with Crippen LogP contribution in [0.1, 0.15) is 38.5 Å². The fraction of sp³-hybridized carbons (Fsp3) is 0.706. The van der Waals surface area contributed by atoms with Crippen molar-refractivity contribution >= 4 is 6.03 Å². The minimum Gasteiger partial charge on any atom is -0.468 e. The molecule has 1 aromatic rings. The predicted molar refractivity (Wildman–Crippen MR) is 87.2 cm³/mol. The van der Waals surface area contributed by atoms with Crippen molar-refractivity contribution in [3.8, 4) is 0 Å². The summed E-state index contributed by atoms with van der Waals surface area (Å²) >= 11 is 0. The lowest BCUT2D eigenvalue weighted by Crippen LogP contribution is -2.52. The number of amides is 2. The van der Waals surface area contributed by atoms with Crippen molar-refractivity contribution in [3.63, 3.8) is 0 Å². The Balaban J connectivity index is 1.58. The van der Waals surface area contributed by atoms with Gasteiger partial charge in [-0.3, -0.25) is 4.90 Å². The van der Waals surface area contributed by atoms with Crippen LogP contribution >= 0.6 is 0 Å². The molecule has 2 aliphatic rings. The number of carbonyl (C=O) groups is 1. The molecule has 2 saturated heterocycles. The summed E-state index contributed by atoms with van der Waals surface area (Å²) in [5.41, 5.74) is 0. The molecule has 1 N–H and O–H groups in total. The number of morpholine rings is 1. The summed E-state index contributed by atoms with van der Waals surface area (Å²) in [6, 6.07) is 4.01. The first kappa shape index (κ1) is 16.3. The number of nitrogens with zero attached hydrogens (tertiary/aromatic N) is 2. The van der Waals surface area contributed by atoms with E-state index >= 15 is 0 Å². The molecule has 0 spiro atoms. The van der Waals surface area contributed by atoms with Crippen molar-refractivity contribution in [2.45, 2.75) is 44.9 Å². The van der Waals surface area contributed by atoms with E-state index in [2.05, 4.69) is 10.2 Å². The van der Waals surface area contributed by atoms with Crippen LogP contribution in [0.25, 0.3) is 0 Å². The minimum atomic E-state index is -0.0113. The van der Waals surface area contributed by atoms with Crippen molar-refractivity contribution in [2.75, 3.05) is 32.7 Å². The average molecular weight is 321 g/mol. The molecule has 0 radical (unpaired) electrons. The zero-order valence-corrected chi connectivity index (χ0v) is 14.0. The molecule has 6 nitrogen and oxygen atoms in total. The Bertz CT molecular complexity index is 489. The highest BCUT2D eigenvalue weighted by Gasteiger charge is 2.29. The molecule has 23 heavy (non-hydrogen) atoms. The second-order valence-electron chi connectivity index (χ2n) is 6.62. The highest BCUT2D eigenvalue weighted by atomic mass is 16.5. The number of ether oxygens (including phenoxy) is 1. The number of urea groups is 1. The molecule has 3 heterocycles. The van der Waals surface area contributed by atoms with Gasteiger partial charge < -0.3 is 19.4 Å². The monoisotopic (exact) mass is 321 g/mol.